The highest BCUT2D eigenvalue weighted by Crippen LogP contribution is 2.31. The summed E-state index contributed by atoms with van der Waals surface area (Å²) in [7, 11) is 13.1. The van der Waals surface area contributed by atoms with Gasteiger partial charge in [-0.1, -0.05) is 212 Å². The predicted octanol–water partition coefficient (Wildman–Crippen LogP) is 14.7. The maximum atomic E-state index is 11.5. The minimum Gasteiger partial charge on any atom is -0.341 e. The van der Waals surface area contributed by atoms with Crippen LogP contribution in [0.15, 0.2) is 144 Å². The molecule has 22 nitrogen and oxygen atoms in total. The summed E-state index contributed by atoms with van der Waals surface area (Å²) in [5.74, 6) is -1.07. The molecule has 22 heteroatoms. The highest BCUT2D eigenvalue weighted by molar-refractivity contribution is 6.21. The molecule has 8 aliphatic rings. The molecule has 5 aromatic rings. The smallest absolute Gasteiger partial charge is 0.341 e. The second-order valence-corrected chi connectivity index (χ2v) is 19.8. The van der Waals surface area contributed by atoms with Crippen molar-refractivity contribution in [1.82, 2.24) is 39.2 Å². The molecule has 14 amide bonds. The number of rotatable bonds is 0. The second-order valence-electron chi connectivity index (χ2n) is 19.8. The summed E-state index contributed by atoms with van der Waals surface area (Å²) in [6.45, 7) is 37.0. The normalized spacial score (nSPS) is 15.3. The molecule has 5 aromatic carbocycles. The standard InChI is InChI=1S/C10H9NO2.C10H11NO.C10H13N.C9H7NO2.C9H9NO.C5H7NO2.C5H5NO2.C3H3N3O2.8C2H6/c1-11-9(12)6-7-4-2-3-5-8(7)10(11)13;1-11-7-6-8-4-2-3-5-9(8)10(11)12;1-8-10-6-4-3-5-9(10)7-11(8)2;1-10-8(11)6-4-2-3-5-7(6)9(10)12;1-10-6-7-4-2-3-5-8(7)9(10)11;2*1-6-4(7)2-3-5(6)8;1-6-2(7)4-5-3(6)8;8*1-2/h2-5H,6H2,1H3;2-5H,6-7H2,1H3;3-6,8H,7H2,1-2H3;2-5H,1H3;2-5H,6H2,1H3;2-3H2,1H3;2-3H,1H3;1H3;8*1-2H3. The molecule has 0 saturated carbocycles. The number of likely N-dealkylation sites (N-methyl/N-ethyl adjacent to an activating group) is 3. The molecule has 0 aromatic heterocycles. The van der Waals surface area contributed by atoms with Crippen LogP contribution in [0.4, 0.5) is 9.59 Å². The van der Waals surface area contributed by atoms with Crippen molar-refractivity contribution in [2.75, 3.05) is 62.9 Å². The van der Waals surface area contributed by atoms with E-state index in [4.69, 9.17) is 0 Å². The summed E-state index contributed by atoms with van der Waals surface area (Å²) in [6, 6.07) is 37.7. The van der Waals surface area contributed by atoms with Crippen molar-refractivity contribution in [3.63, 3.8) is 0 Å². The van der Waals surface area contributed by atoms with Gasteiger partial charge in [0.1, 0.15) is 0 Å². The van der Waals surface area contributed by atoms with Gasteiger partial charge in [0.15, 0.2) is 0 Å². The van der Waals surface area contributed by atoms with Crippen LogP contribution >= 0.6 is 0 Å². The first-order chi connectivity index (χ1) is 47.4. The first-order valence-corrected chi connectivity index (χ1v) is 34.2. The fourth-order valence-corrected chi connectivity index (χ4v) is 8.90. The molecule has 0 bridgehead atoms. The van der Waals surface area contributed by atoms with E-state index in [0.717, 1.165) is 63.0 Å². The Morgan fingerprint density at radius 2 is 0.657 bits per heavy atom. The number of carbonyl (C=O) groups is 12. The van der Waals surface area contributed by atoms with E-state index in [-0.39, 0.29) is 59.1 Å². The topological polar surface area (TPSA) is 255 Å². The van der Waals surface area contributed by atoms with Gasteiger partial charge >= 0.3 is 12.1 Å². The Kier molecular flexibility index (Phi) is 48.3. The fourth-order valence-electron chi connectivity index (χ4n) is 8.90. The van der Waals surface area contributed by atoms with E-state index in [2.05, 4.69) is 53.4 Å². The van der Waals surface area contributed by atoms with E-state index in [1.165, 1.54) is 73.9 Å². The molecule has 0 aliphatic carbocycles. The highest BCUT2D eigenvalue weighted by atomic mass is 16.2. The third-order valence-electron chi connectivity index (χ3n) is 14.3. The molecule has 1 unspecified atom stereocenters. The third kappa shape index (κ3) is 27.8. The van der Waals surface area contributed by atoms with Crippen molar-refractivity contribution in [3.8, 4) is 0 Å². The lowest BCUT2D eigenvalue weighted by molar-refractivity contribution is -0.137. The summed E-state index contributed by atoms with van der Waals surface area (Å²) in [5, 5.41) is 5.92. The van der Waals surface area contributed by atoms with Crippen molar-refractivity contribution < 1.29 is 57.5 Å². The fraction of sp³-hybridized carbons (Fsp3) is 0.429. The first-order valence-electron chi connectivity index (χ1n) is 34.2. The molecule has 1 saturated heterocycles. The van der Waals surface area contributed by atoms with Gasteiger partial charge in [0.25, 0.3) is 41.4 Å². The van der Waals surface area contributed by atoms with E-state index in [1.54, 1.807) is 46.2 Å². The molecule has 99 heavy (non-hydrogen) atoms. The molecule has 8 aliphatic heterocycles. The highest BCUT2D eigenvalue weighted by Gasteiger charge is 2.32. The lowest BCUT2D eigenvalue weighted by atomic mass is 9.99. The summed E-state index contributed by atoms with van der Waals surface area (Å²) in [4.78, 5) is 142. The third-order valence-corrected chi connectivity index (χ3v) is 14.3. The number of carbonyl (C=O) groups excluding carboxylic acids is 12. The summed E-state index contributed by atoms with van der Waals surface area (Å²) in [6.07, 6.45) is 4.62. The molecule has 13 rings (SSSR count). The van der Waals surface area contributed by atoms with E-state index in [9.17, 15) is 57.5 Å². The predicted molar refractivity (Wildman–Crippen MR) is 394 cm³/mol. The minimum atomic E-state index is -0.602. The van der Waals surface area contributed by atoms with Crippen LogP contribution in [0.5, 0.6) is 0 Å². The lowest BCUT2D eigenvalue weighted by Gasteiger charge is -2.24. The Balaban J connectivity index is -0.00000104. The molecule has 0 spiro atoms. The van der Waals surface area contributed by atoms with Crippen LogP contribution in [-0.4, -0.2) is 173 Å². The van der Waals surface area contributed by atoms with Crippen LogP contribution in [0.25, 0.3) is 0 Å². The molecule has 0 radical (unpaired) electrons. The van der Waals surface area contributed by atoms with Crippen molar-refractivity contribution in [2.24, 2.45) is 10.2 Å². The Morgan fingerprint density at radius 1 is 0.313 bits per heavy atom. The number of hydrogen-bond donors (Lipinski definition) is 0. The lowest BCUT2D eigenvalue weighted by Crippen LogP contribution is -2.39. The average Bonchev–Trinajstić information content (AvgIpc) is 1.78. The Hall–Kier alpha value is -9.96. The van der Waals surface area contributed by atoms with Crippen molar-refractivity contribution in [3.05, 3.63) is 189 Å². The van der Waals surface area contributed by atoms with Crippen LogP contribution < -0.4 is 0 Å². The Labute approximate surface area is 590 Å². The number of azo groups is 1. The van der Waals surface area contributed by atoms with Crippen molar-refractivity contribution >= 4 is 71.1 Å². The summed E-state index contributed by atoms with van der Waals surface area (Å²) >= 11 is 0. The molecular weight excluding hydrogens is 1260 g/mol. The van der Waals surface area contributed by atoms with Crippen LogP contribution in [0.3, 0.4) is 0 Å². The quantitative estimate of drug-likeness (QED) is 0.131. The maximum absolute atomic E-state index is 11.5. The molecular formula is C77H112N10O12. The number of nitrogens with zero attached hydrogens (tertiary/aromatic N) is 10. The average molecular weight is 1370 g/mol. The number of fused-ring (bicyclic) bond motifs is 5. The summed E-state index contributed by atoms with van der Waals surface area (Å²) in [5.41, 5.74) is 9.51. The molecule has 542 valence electrons. The van der Waals surface area contributed by atoms with Gasteiger partial charge in [-0.25, -0.2) is 14.5 Å². The van der Waals surface area contributed by atoms with Crippen LogP contribution in [-0.2, 0) is 49.9 Å². The number of urea groups is 2. The molecule has 0 N–H and O–H groups in total. The Morgan fingerprint density at radius 3 is 1.02 bits per heavy atom. The second kappa shape index (κ2) is 51.3. The van der Waals surface area contributed by atoms with Gasteiger partial charge in [-0.3, -0.25) is 72.4 Å². The number of amides is 14. The van der Waals surface area contributed by atoms with Crippen LogP contribution in [0.2, 0.25) is 0 Å². The SMILES string of the molecule is CC.CC.CC.CC.CC.CC.CC.CC.CC1c2ccccc2CN1C.CN1C(=O)C=CC1=O.CN1C(=O)CCC1=O.CN1C(=O)Cc2ccccc2C1=O.CN1C(=O)N=NC1=O.CN1C(=O)c2ccccc2C1=O.CN1CCc2ccccc2C1=O.CN1Cc2ccccc2C1=O. The molecule has 1 atom stereocenters. The minimum absolute atomic E-state index is 0.0602. The molecule has 8 heterocycles. The zero-order valence-corrected chi connectivity index (χ0v) is 63.6. The van der Waals surface area contributed by atoms with E-state index in [1.807, 2.05) is 186 Å². The monoisotopic (exact) mass is 1370 g/mol. The zero-order valence-electron chi connectivity index (χ0n) is 63.6. The first kappa shape index (κ1) is 93.2. The van der Waals surface area contributed by atoms with Gasteiger partial charge in [0, 0.05) is 117 Å². The van der Waals surface area contributed by atoms with E-state index in [0.29, 0.717) is 42.0 Å². The van der Waals surface area contributed by atoms with Gasteiger partial charge in [0.05, 0.1) is 17.5 Å². The number of imide groups is 5. The maximum Gasteiger partial charge on any atom is 0.370 e. The summed E-state index contributed by atoms with van der Waals surface area (Å²) < 4.78 is 0. The number of likely N-dealkylation sites (tertiary alicyclic amines) is 1. The van der Waals surface area contributed by atoms with E-state index < -0.39 is 12.1 Å². The van der Waals surface area contributed by atoms with Gasteiger partial charge in [-0.15, -0.1) is 0 Å². The zero-order chi connectivity index (χ0) is 76.8. The van der Waals surface area contributed by atoms with Gasteiger partial charge in [0.2, 0.25) is 17.7 Å². The van der Waals surface area contributed by atoms with Crippen LogP contribution in [0, 0.1) is 0 Å². The molecule has 1 fully saturated rings. The Bertz CT molecular complexity index is 3350. The number of hydrogen-bond acceptors (Lipinski definition) is 13. The van der Waals surface area contributed by atoms with Gasteiger partial charge in [-0.2, -0.15) is 0 Å². The van der Waals surface area contributed by atoms with E-state index >= 15 is 0 Å². The van der Waals surface area contributed by atoms with Crippen molar-refractivity contribution in [2.45, 2.75) is 163 Å². The number of benzene rings is 5. The van der Waals surface area contributed by atoms with Crippen LogP contribution in [0.1, 0.15) is 216 Å². The van der Waals surface area contributed by atoms with Crippen molar-refractivity contribution in [1.29, 1.82) is 0 Å². The van der Waals surface area contributed by atoms with Gasteiger partial charge < -0.3 is 9.80 Å². The largest absolute Gasteiger partial charge is 0.370 e. The van der Waals surface area contributed by atoms with Gasteiger partial charge in [-0.05, 0) is 78.5 Å².